The van der Waals surface area contributed by atoms with Crippen molar-refractivity contribution in [1.82, 2.24) is 4.90 Å². The van der Waals surface area contributed by atoms with Gasteiger partial charge in [-0.15, -0.1) is 0 Å². The minimum atomic E-state index is -0.417. The average Bonchev–Trinajstić information content (AvgIpc) is 2.20. The van der Waals surface area contributed by atoms with Gasteiger partial charge in [-0.1, -0.05) is 12.1 Å². The van der Waals surface area contributed by atoms with Gasteiger partial charge in [-0.2, -0.15) is 0 Å². The maximum atomic E-state index is 11.4. The first-order chi connectivity index (χ1) is 7.50. The van der Waals surface area contributed by atoms with Gasteiger partial charge in [0.15, 0.2) is 11.5 Å². The standard InChI is InChI=1S/C12H17NO3/c1-9(2)15-10-7-5-6-8-11(10)16-12(14)13(3)4/h5-9H,1-4H3. The van der Waals surface area contributed by atoms with Crippen LogP contribution in [0.3, 0.4) is 0 Å². The van der Waals surface area contributed by atoms with Crippen molar-refractivity contribution < 1.29 is 14.3 Å². The van der Waals surface area contributed by atoms with Crippen LogP contribution in [0.15, 0.2) is 24.3 Å². The Morgan fingerprint density at radius 3 is 2.25 bits per heavy atom. The summed E-state index contributed by atoms with van der Waals surface area (Å²) in [7, 11) is 3.27. The molecule has 4 nitrogen and oxygen atoms in total. The molecule has 0 atom stereocenters. The lowest BCUT2D eigenvalue weighted by Gasteiger charge is -2.15. The summed E-state index contributed by atoms with van der Waals surface area (Å²) in [5.41, 5.74) is 0. The largest absolute Gasteiger partial charge is 0.487 e. The molecule has 0 N–H and O–H groups in total. The zero-order valence-electron chi connectivity index (χ0n) is 10.1. The number of para-hydroxylation sites is 2. The van der Waals surface area contributed by atoms with Crippen LogP contribution >= 0.6 is 0 Å². The van der Waals surface area contributed by atoms with Crippen LogP contribution in [0, 0.1) is 0 Å². The molecule has 88 valence electrons. The summed E-state index contributed by atoms with van der Waals surface area (Å²) < 4.78 is 10.7. The Hall–Kier alpha value is -1.71. The second-order valence-corrected chi connectivity index (χ2v) is 3.88. The highest BCUT2D eigenvalue weighted by Gasteiger charge is 2.11. The average molecular weight is 223 g/mol. The molecule has 0 aromatic heterocycles. The molecule has 0 unspecified atom stereocenters. The van der Waals surface area contributed by atoms with Crippen molar-refractivity contribution >= 4 is 6.09 Å². The number of benzene rings is 1. The summed E-state index contributed by atoms with van der Waals surface area (Å²) in [5.74, 6) is 1.02. The molecule has 0 fully saturated rings. The molecule has 0 radical (unpaired) electrons. The molecule has 0 aliphatic rings. The van der Waals surface area contributed by atoms with Gasteiger partial charge < -0.3 is 14.4 Å². The van der Waals surface area contributed by atoms with Gasteiger partial charge in [0.05, 0.1) is 6.10 Å². The Labute approximate surface area is 95.8 Å². The minimum Gasteiger partial charge on any atom is -0.487 e. The van der Waals surface area contributed by atoms with Gasteiger partial charge in [0.2, 0.25) is 0 Å². The van der Waals surface area contributed by atoms with E-state index in [-0.39, 0.29) is 6.10 Å². The highest BCUT2D eigenvalue weighted by Crippen LogP contribution is 2.27. The van der Waals surface area contributed by atoms with Crippen LogP contribution in [-0.4, -0.2) is 31.2 Å². The zero-order valence-corrected chi connectivity index (χ0v) is 10.1. The first kappa shape index (κ1) is 12.4. The van der Waals surface area contributed by atoms with Crippen molar-refractivity contribution in [1.29, 1.82) is 0 Å². The second kappa shape index (κ2) is 5.39. The zero-order chi connectivity index (χ0) is 12.1. The predicted octanol–water partition coefficient (Wildman–Crippen LogP) is 2.53. The number of nitrogens with zero attached hydrogens (tertiary/aromatic N) is 1. The molecule has 1 rings (SSSR count). The van der Waals surface area contributed by atoms with E-state index in [1.165, 1.54) is 4.90 Å². The number of ether oxygens (including phenoxy) is 2. The van der Waals surface area contributed by atoms with E-state index in [1.54, 1.807) is 32.3 Å². The van der Waals surface area contributed by atoms with Crippen LogP contribution < -0.4 is 9.47 Å². The third-order valence-corrected chi connectivity index (χ3v) is 1.77. The first-order valence-corrected chi connectivity index (χ1v) is 5.15. The molecule has 0 aliphatic carbocycles. The lowest BCUT2D eigenvalue weighted by Crippen LogP contribution is -2.25. The van der Waals surface area contributed by atoms with Crippen LogP contribution in [0.5, 0.6) is 11.5 Å². The third-order valence-electron chi connectivity index (χ3n) is 1.77. The van der Waals surface area contributed by atoms with E-state index in [2.05, 4.69) is 0 Å². The van der Waals surface area contributed by atoms with Gasteiger partial charge >= 0.3 is 6.09 Å². The molecule has 4 heteroatoms. The van der Waals surface area contributed by atoms with Crippen LogP contribution in [0.2, 0.25) is 0 Å². The van der Waals surface area contributed by atoms with Crippen LogP contribution in [0.1, 0.15) is 13.8 Å². The fraction of sp³-hybridized carbons (Fsp3) is 0.417. The number of rotatable bonds is 3. The second-order valence-electron chi connectivity index (χ2n) is 3.88. The quantitative estimate of drug-likeness (QED) is 0.790. The molecular weight excluding hydrogens is 206 g/mol. The molecule has 16 heavy (non-hydrogen) atoms. The SMILES string of the molecule is CC(C)Oc1ccccc1OC(=O)N(C)C. The van der Waals surface area contributed by atoms with Gasteiger partial charge in [0, 0.05) is 14.1 Å². The van der Waals surface area contributed by atoms with Crippen molar-refractivity contribution in [3.05, 3.63) is 24.3 Å². The maximum Gasteiger partial charge on any atom is 0.414 e. The maximum absolute atomic E-state index is 11.4. The molecular formula is C12H17NO3. The van der Waals surface area contributed by atoms with E-state index >= 15 is 0 Å². The third kappa shape index (κ3) is 3.46. The fourth-order valence-electron chi connectivity index (χ4n) is 1.07. The van der Waals surface area contributed by atoms with E-state index in [9.17, 15) is 4.79 Å². The Bertz CT molecular complexity index is 361. The number of hydrogen-bond donors (Lipinski definition) is 0. The van der Waals surface area contributed by atoms with Crippen LogP contribution in [0.4, 0.5) is 4.79 Å². The number of carbonyl (C=O) groups is 1. The van der Waals surface area contributed by atoms with E-state index in [1.807, 2.05) is 19.9 Å². The highest BCUT2D eigenvalue weighted by molar-refractivity contribution is 5.70. The molecule has 1 amide bonds. The van der Waals surface area contributed by atoms with Crippen molar-refractivity contribution in [2.45, 2.75) is 20.0 Å². The van der Waals surface area contributed by atoms with Gasteiger partial charge in [0.1, 0.15) is 0 Å². The summed E-state index contributed by atoms with van der Waals surface area (Å²) in [4.78, 5) is 12.8. The number of carbonyl (C=O) groups excluding carboxylic acids is 1. The Balaban J connectivity index is 2.82. The molecule has 1 aromatic rings. The lowest BCUT2D eigenvalue weighted by molar-refractivity contribution is 0.166. The monoisotopic (exact) mass is 223 g/mol. The fourth-order valence-corrected chi connectivity index (χ4v) is 1.07. The molecule has 0 heterocycles. The summed E-state index contributed by atoms with van der Waals surface area (Å²) in [6.45, 7) is 3.84. The summed E-state index contributed by atoms with van der Waals surface area (Å²) in [6, 6.07) is 7.12. The van der Waals surface area contributed by atoms with E-state index in [0.29, 0.717) is 11.5 Å². The summed E-state index contributed by atoms with van der Waals surface area (Å²) in [6.07, 6.45) is -0.376. The minimum absolute atomic E-state index is 0.0409. The molecule has 0 spiro atoms. The lowest BCUT2D eigenvalue weighted by atomic mass is 10.3. The normalized spacial score (nSPS) is 10.1. The molecule has 0 bridgehead atoms. The smallest absolute Gasteiger partial charge is 0.414 e. The Morgan fingerprint density at radius 2 is 1.75 bits per heavy atom. The van der Waals surface area contributed by atoms with E-state index < -0.39 is 6.09 Å². The Kier molecular flexibility index (Phi) is 4.17. The topological polar surface area (TPSA) is 38.8 Å². The van der Waals surface area contributed by atoms with Gasteiger partial charge in [0.25, 0.3) is 0 Å². The summed E-state index contributed by atoms with van der Waals surface area (Å²) in [5, 5.41) is 0. The van der Waals surface area contributed by atoms with E-state index in [0.717, 1.165) is 0 Å². The molecule has 0 aliphatic heterocycles. The van der Waals surface area contributed by atoms with Crippen LogP contribution in [0.25, 0.3) is 0 Å². The van der Waals surface area contributed by atoms with Crippen molar-refractivity contribution in [3.63, 3.8) is 0 Å². The van der Waals surface area contributed by atoms with Crippen LogP contribution in [-0.2, 0) is 0 Å². The van der Waals surface area contributed by atoms with Crippen molar-refractivity contribution in [2.24, 2.45) is 0 Å². The summed E-state index contributed by atoms with van der Waals surface area (Å²) >= 11 is 0. The Morgan fingerprint density at radius 1 is 1.19 bits per heavy atom. The number of hydrogen-bond acceptors (Lipinski definition) is 3. The predicted molar refractivity (Wildman–Crippen MR) is 61.9 cm³/mol. The van der Waals surface area contributed by atoms with Crippen molar-refractivity contribution in [3.8, 4) is 11.5 Å². The molecule has 1 aromatic carbocycles. The highest BCUT2D eigenvalue weighted by atomic mass is 16.6. The van der Waals surface area contributed by atoms with Gasteiger partial charge in [-0.3, -0.25) is 0 Å². The first-order valence-electron chi connectivity index (χ1n) is 5.15. The number of amides is 1. The van der Waals surface area contributed by atoms with E-state index in [4.69, 9.17) is 9.47 Å². The van der Waals surface area contributed by atoms with Gasteiger partial charge in [-0.25, -0.2) is 4.79 Å². The molecule has 0 saturated heterocycles. The van der Waals surface area contributed by atoms with Crippen molar-refractivity contribution in [2.75, 3.05) is 14.1 Å². The molecule has 0 saturated carbocycles. The van der Waals surface area contributed by atoms with Gasteiger partial charge in [-0.05, 0) is 26.0 Å².